The van der Waals surface area contributed by atoms with Crippen molar-refractivity contribution in [3.63, 3.8) is 0 Å². The van der Waals surface area contributed by atoms with Gasteiger partial charge < -0.3 is 11.1 Å². The maximum atomic E-state index is 5.90. The summed E-state index contributed by atoms with van der Waals surface area (Å²) in [4.78, 5) is 8.71. The Bertz CT molecular complexity index is 739. The summed E-state index contributed by atoms with van der Waals surface area (Å²) in [6, 6.07) is 16.8. The molecule has 0 fully saturated rings. The molecule has 1 aromatic heterocycles. The minimum atomic E-state index is 0.534. The van der Waals surface area contributed by atoms with Crippen LogP contribution in [0.1, 0.15) is 0 Å². The molecule has 21 heavy (non-hydrogen) atoms. The van der Waals surface area contributed by atoms with Crippen LogP contribution < -0.4 is 11.1 Å². The predicted molar refractivity (Wildman–Crippen MR) is 86.6 cm³/mol. The van der Waals surface area contributed by atoms with E-state index in [0.717, 1.165) is 22.6 Å². The van der Waals surface area contributed by atoms with Gasteiger partial charge in [-0.3, -0.25) is 0 Å². The zero-order valence-corrected chi connectivity index (χ0v) is 11.9. The van der Waals surface area contributed by atoms with Gasteiger partial charge >= 0.3 is 0 Å². The fourth-order valence-corrected chi connectivity index (χ4v) is 2.02. The van der Waals surface area contributed by atoms with Gasteiger partial charge in [-0.25, -0.2) is 9.97 Å². The molecule has 0 unspecified atom stereocenters. The highest BCUT2D eigenvalue weighted by molar-refractivity contribution is 6.30. The fraction of sp³-hybridized carbons (Fsp3) is 0. The third-order valence-corrected chi connectivity index (χ3v) is 3.21. The molecule has 3 aromatic rings. The van der Waals surface area contributed by atoms with Gasteiger partial charge in [0.1, 0.15) is 0 Å². The van der Waals surface area contributed by atoms with Gasteiger partial charge in [0, 0.05) is 28.2 Å². The number of rotatable bonds is 3. The average molecular weight is 297 g/mol. The van der Waals surface area contributed by atoms with Crippen molar-refractivity contribution in [1.82, 2.24) is 9.97 Å². The first kappa shape index (κ1) is 13.4. The summed E-state index contributed by atoms with van der Waals surface area (Å²) in [5, 5.41) is 3.85. The van der Waals surface area contributed by atoms with E-state index in [-0.39, 0.29) is 0 Å². The predicted octanol–water partition coefficient (Wildman–Crippen LogP) is 4.12. The summed E-state index contributed by atoms with van der Waals surface area (Å²) in [7, 11) is 0. The third kappa shape index (κ3) is 3.30. The standard InChI is InChI=1S/C16H13ClN4/c17-12-3-1-11(2-4-12)15-9-10-19-16(21-15)20-14-7-5-13(18)6-8-14/h1-10H,18H2,(H,19,20,21). The minimum absolute atomic E-state index is 0.534. The number of nitrogen functional groups attached to an aromatic ring is 1. The van der Waals surface area contributed by atoms with E-state index in [1.807, 2.05) is 54.6 Å². The van der Waals surface area contributed by atoms with E-state index in [2.05, 4.69) is 15.3 Å². The molecular formula is C16H13ClN4. The lowest BCUT2D eigenvalue weighted by Crippen LogP contribution is -1.98. The van der Waals surface area contributed by atoms with Crippen LogP contribution in [-0.2, 0) is 0 Å². The van der Waals surface area contributed by atoms with Crippen LogP contribution >= 0.6 is 11.6 Å². The van der Waals surface area contributed by atoms with Crippen molar-refractivity contribution < 1.29 is 0 Å². The number of hydrogen-bond acceptors (Lipinski definition) is 4. The first-order chi connectivity index (χ1) is 10.2. The van der Waals surface area contributed by atoms with E-state index < -0.39 is 0 Å². The molecule has 0 amide bonds. The number of benzene rings is 2. The normalized spacial score (nSPS) is 10.3. The van der Waals surface area contributed by atoms with Crippen molar-refractivity contribution >= 4 is 28.9 Å². The molecule has 0 bridgehead atoms. The molecule has 0 aliphatic heterocycles. The van der Waals surface area contributed by atoms with E-state index in [4.69, 9.17) is 17.3 Å². The van der Waals surface area contributed by atoms with Crippen LogP contribution in [-0.4, -0.2) is 9.97 Å². The lowest BCUT2D eigenvalue weighted by atomic mass is 10.1. The summed E-state index contributed by atoms with van der Waals surface area (Å²) in [6.07, 6.45) is 1.72. The van der Waals surface area contributed by atoms with E-state index in [9.17, 15) is 0 Å². The van der Waals surface area contributed by atoms with Crippen molar-refractivity contribution in [2.45, 2.75) is 0 Å². The van der Waals surface area contributed by atoms with E-state index in [0.29, 0.717) is 11.0 Å². The van der Waals surface area contributed by atoms with Gasteiger partial charge in [0.15, 0.2) is 0 Å². The van der Waals surface area contributed by atoms with Gasteiger partial charge in [-0.2, -0.15) is 0 Å². The Hall–Kier alpha value is -2.59. The molecule has 0 radical (unpaired) electrons. The summed E-state index contributed by atoms with van der Waals surface area (Å²) in [6.45, 7) is 0. The third-order valence-electron chi connectivity index (χ3n) is 2.96. The Balaban J connectivity index is 1.86. The van der Waals surface area contributed by atoms with Gasteiger partial charge in [-0.1, -0.05) is 23.7 Å². The average Bonchev–Trinajstić information content (AvgIpc) is 2.51. The highest BCUT2D eigenvalue weighted by Crippen LogP contribution is 2.21. The van der Waals surface area contributed by atoms with Crippen LogP contribution in [0, 0.1) is 0 Å². The maximum absolute atomic E-state index is 5.90. The molecule has 0 atom stereocenters. The molecule has 1 heterocycles. The Morgan fingerprint density at radius 3 is 2.33 bits per heavy atom. The molecule has 0 aliphatic carbocycles. The largest absolute Gasteiger partial charge is 0.399 e. The second-order valence-corrected chi connectivity index (χ2v) is 4.96. The number of aromatic nitrogens is 2. The molecule has 0 saturated heterocycles. The maximum Gasteiger partial charge on any atom is 0.227 e. The molecule has 5 heteroatoms. The molecular weight excluding hydrogens is 284 g/mol. The van der Waals surface area contributed by atoms with Gasteiger partial charge in [0.2, 0.25) is 5.95 Å². The summed E-state index contributed by atoms with van der Waals surface area (Å²) < 4.78 is 0. The Morgan fingerprint density at radius 2 is 1.62 bits per heavy atom. The molecule has 0 spiro atoms. The SMILES string of the molecule is Nc1ccc(Nc2nccc(-c3ccc(Cl)cc3)n2)cc1. The van der Waals surface area contributed by atoms with E-state index >= 15 is 0 Å². The number of hydrogen-bond donors (Lipinski definition) is 2. The highest BCUT2D eigenvalue weighted by atomic mass is 35.5. The van der Waals surface area contributed by atoms with Crippen molar-refractivity contribution in [2.24, 2.45) is 0 Å². The van der Waals surface area contributed by atoms with Crippen molar-refractivity contribution in [1.29, 1.82) is 0 Å². The number of nitrogens with one attached hydrogen (secondary N) is 1. The lowest BCUT2D eigenvalue weighted by molar-refractivity contribution is 1.17. The van der Waals surface area contributed by atoms with Crippen LogP contribution in [0.4, 0.5) is 17.3 Å². The molecule has 3 N–H and O–H groups in total. The van der Waals surface area contributed by atoms with Crippen LogP contribution in [0.15, 0.2) is 60.8 Å². The number of nitrogens with zero attached hydrogens (tertiary/aromatic N) is 2. The molecule has 0 saturated carbocycles. The molecule has 4 nitrogen and oxygen atoms in total. The van der Waals surface area contributed by atoms with Gasteiger partial charge in [-0.05, 0) is 42.5 Å². The van der Waals surface area contributed by atoms with Gasteiger partial charge in [0.05, 0.1) is 5.69 Å². The van der Waals surface area contributed by atoms with Crippen molar-refractivity contribution in [3.8, 4) is 11.3 Å². The monoisotopic (exact) mass is 296 g/mol. The number of anilines is 3. The fourth-order valence-electron chi connectivity index (χ4n) is 1.90. The zero-order valence-electron chi connectivity index (χ0n) is 11.1. The smallest absolute Gasteiger partial charge is 0.227 e. The van der Waals surface area contributed by atoms with Crippen molar-refractivity contribution in [2.75, 3.05) is 11.1 Å². The molecule has 2 aromatic carbocycles. The topological polar surface area (TPSA) is 63.8 Å². The molecule has 0 aliphatic rings. The van der Waals surface area contributed by atoms with Gasteiger partial charge in [0.25, 0.3) is 0 Å². The zero-order chi connectivity index (χ0) is 14.7. The van der Waals surface area contributed by atoms with Crippen LogP contribution in [0.5, 0.6) is 0 Å². The minimum Gasteiger partial charge on any atom is -0.399 e. The summed E-state index contributed by atoms with van der Waals surface area (Å²) >= 11 is 5.90. The number of halogens is 1. The van der Waals surface area contributed by atoms with Crippen LogP contribution in [0.3, 0.4) is 0 Å². The molecule has 3 rings (SSSR count). The first-order valence-corrected chi connectivity index (χ1v) is 6.80. The second kappa shape index (κ2) is 5.81. The van der Waals surface area contributed by atoms with E-state index in [1.165, 1.54) is 0 Å². The van der Waals surface area contributed by atoms with E-state index in [1.54, 1.807) is 6.20 Å². The van der Waals surface area contributed by atoms with Crippen LogP contribution in [0.25, 0.3) is 11.3 Å². The lowest BCUT2D eigenvalue weighted by Gasteiger charge is -2.07. The molecule has 104 valence electrons. The van der Waals surface area contributed by atoms with Crippen molar-refractivity contribution in [3.05, 3.63) is 65.8 Å². The van der Waals surface area contributed by atoms with Gasteiger partial charge in [-0.15, -0.1) is 0 Å². The highest BCUT2D eigenvalue weighted by Gasteiger charge is 2.03. The first-order valence-electron chi connectivity index (χ1n) is 6.42. The summed E-state index contributed by atoms with van der Waals surface area (Å²) in [5.41, 5.74) is 9.09. The quantitative estimate of drug-likeness (QED) is 0.714. The Morgan fingerprint density at radius 1 is 0.905 bits per heavy atom. The second-order valence-electron chi connectivity index (χ2n) is 4.52. The summed E-state index contributed by atoms with van der Waals surface area (Å²) in [5.74, 6) is 0.534. The van der Waals surface area contributed by atoms with Crippen LogP contribution in [0.2, 0.25) is 5.02 Å². The Labute approximate surface area is 127 Å². The Kier molecular flexibility index (Phi) is 3.71. The number of nitrogens with two attached hydrogens (primary N) is 1.